The first-order valence-corrected chi connectivity index (χ1v) is 5.36. The van der Waals surface area contributed by atoms with Crippen LogP contribution >= 0.6 is 0 Å². The van der Waals surface area contributed by atoms with Gasteiger partial charge in [0.1, 0.15) is 5.76 Å². The highest BCUT2D eigenvalue weighted by Gasteiger charge is 2.13. The molecule has 0 saturated heterocycles. The number of amides is 1. The number of ether oxygens (including phenoxy) is 2. The summed E-state index contributed by atoms with van der Waals surface area (Å²) in [5, 5.41) is 0. The predicted octanol–water partition coefficient (Wildman–Crippen LogP) is 0.745. The van der Waals surface area contributed by atoms with Crippen LogP contribution in [0.1, 0.15) is 28.3 Å². The van der Waals surface area contributed by atoms with Crippen molar-refractivity contribution in [3.05, 3.63) is 23.2 Å². The number of nitrogens with one attached hydrogen (secondary N) is 1. The van der Waals surface area contributed by atoms with Crippen molar-refractivity contribution >= 4 is 5.91 Å². The molecule has 0 aliphatic heterocycles. The summed E-state index contributed by atoms with van der Waals surface area (Å²) < 4.78 is 15.6. The molecule has 0 fully saturated rings. The molecule has 0 aromatic carbocycles. The second-order valence-electron chi connectivity index (χ2n) is 3.56. The van der Waals surface area contributed by atoms with E-state index in [1.54, 1.807) is 20.1 Å². The highest BCUT2D eigenvalue weighted by molar-refractivity contribution is 5.91. The van der Waals surface area contributed by atoms with E-state index in [0.29, 0.717) is 25.6 Å². The lowest BCUT2D eigenvalue weighted by Gasteiger charge is -2.02. The largest absolute Gasteiger partial charge is 0.456 e. The average molecular weight is 242 g/mol. The van der Waals surface area contributed by atoms with Gasteiger partial charge < -0.3 is 13.9 Å². The number of methoxy groups -OCH3 is 1. The van der Waals surface area contributed by atoms with E-state index < -0.39 is 5.91 Å². The van der Waals surface area contributed by atoms with Crippen LogP contribution in [0.15, 0.2) is 10.5 Å². The molecule has 0 atom stereocenters. The van der Waals surface area contributed by atoms with Crippen molar-refractivity contribution in [1.29, 1.82) is 0 Å². The van der Waals surface area contributed by atoms with Crippen molar-refractivity contribution in [2.24, 2.45) is 5.84 Å². The highest BCUT2D eigenvalue weighted by atomic mass is 16.5. The number of hydrogen-bond donors (Lipinski definition) is 2. The standard InChI is InChI=1S/C11H18N2O4/c1-8-9(7-16-5-3-4-15-2)6-10(17-8)11(14)13-12/h6H,3-5,7,12H2,1-2H3,(H,13,14). The van der Waals surface area contributed by atoms with Gasteiger partial charge in [-0.3, -0.25) is 10.2 Å². The number of nitrogen functional groups attached to an aromatic ring is 1. The summed E-state index contributed by atoms with van der Waals surface area (Å²) in [6.07, 6.45) is 0.837. The van der Waals surface area contributed by atoms with Gasteiger partial charge in [0.2, 0.25) is 0 Å². The minimum atomic E-state index is -0.446. The van der Waals surface area contributed by atoms with E-state index in [9.17, 15) is 4.79 Å². The summed E-state index contributed by atoms with van der Waals surface area (Å²) >= 11 is 0. The quantitative estimate of drug-likeness (QED) is 0.319. The first kappa shape index (κ1) is 13.7. The smallest absolute Gasteiger partial charge is 0.300 e. The fourth-order valence-electron chi connectivity index (χ4n) is 1.33. The van der Waals surface area contributed by atoms with Crippen molar-refractivity contribution in [2.75, 3.05) is 20.3 Å². The SMILES string of the molecule is COCCCOCc1cc(C(=O)NN)oc1C. The molecule has 1 rings (SSSR count). The number of aryl methyl sites for hydroxylation is 1. The molecule has 6 heteroatoms. The second kappa shape index (κ2) is 7.05. The van der Waals surface area contributed by atoms with Crippen molar-refractivity contribution in [1.82, 2.24) is 5.43 Å². The molecule has 0 aliphatic rings. The van der Waals surface area contributed by atoms with Gasteiger partial charge in [-0.15, -0.1) is 0 Å². The minimum Gasteiger partial charge on any atom is -0.456 e. The Morgan fingerprint density at radius 2 is 2.29 bits per heavy atom. The minimum absolute atomic E-state index is 0.195. The van der Waals surface area contributed by atoms with Gasteiger partial charge in [-0.2, -0.15) is 0 Å². The number of furan rings is 1. The Bertz CT molecular complexity index is 362. The maximum Gasteiger partial charge on any atom is 0.300 e. The van der Waals surface area contributed by atoms with Gasteiger partial charge in [-0.05, 0) is 19.4 Å². The van der Waals surface area contributed by atoms with Crippen LogP contribution in [-0.4, -0.2) is 26.2 Å². The van der Waals surface area contributed by atoms with E-state index in [2.05, 4.69) is 0 Å². The molecule has 96 valence electrons. The van der Waals surface area contributed by atoms with Crippen molar-refractivity contribution in [2.45, 2.75) is 20.0 Å². The van der Waals surface area contributed by atoms with Crippen LogP contribution in [0.25, 0.3) is 0 Å². The summed E-state index contributed by atoms with van der Waals surface area (Å²) in [6.45, 7) is 3.47. The summed E-state index contributed by atoms with van der Waals surface area (Å²) in [7, 11) is 1.65. The van der Waals surface area contributed by atoms with E-state index in [1.807, 2.05) is 5.43 Å². The highest BCUT2D eigenvalue weighted by Crippen LogP contribution is 2.15. The Kier molecular flexibility index (Phi) is 5.68. The van der Waals surface area contributed by atoms with Crippen LogP contribution < -0.4 is 11.3 Å². The van der Waals surface area contributed by atoms with E-state index in [1.165, 1.54) is 0 Å². The lowest BCUT2D eigenvalue weighted by atomic mass is 10.2. The monoisotopic (exact) mass is 242 g/mol. The number of hydrazine groups is 1. The normalized spacial score (nSPS) is 10.5. The van der Waals surface area contributed by atoms with Crippen LogP contribution in [0.2, 0.25) is 0 Å². The zero-order valence-electron chi connectivity index (χ0n) is 10.1. The summed E-state index contributed by atoms with van der Waals surface area (Å²) in [5.41, 5.74) is 2.86. The van der Waals surface area contributed by atoms with Gasteiger partial charge in [-0.25, -0.2) is 5.84 Å². The van der Waals surface area contributed by atoms with Gasteiger partial charge >= 0.3 is 5.91 Å². The Labute approximate surface area is 100 Å². The van der Waals surface area contributed by atoms with Gasteiger partial charge in [0.05, 0.1) is 6.61 Å². The van der Waals surface area contributed by atoms with Gasteiger partial charge in [-0.1, -0.05) is 0 Å². The molecule has 1 amide bonds. The molecule has 1 aromatic heterocycles. The lowest BCUT2D eigenvalue weighted by molar-refractivity contribution is 0.0917. The molecule has 1 heterocycles. The zero-order valence-corrected chi connectivity index (χ0v) is 10.1. The van der Waals surface area contributed by atoms with Crippen LogP contribution in [-0.2, 0) is 16.1 Å². The number of carbonyl (C=O) groups excluding carboxylic acids is 1. The molecule has 17 heavy (non-hydrogen) atoms. The van der Waals surface area contributed by atoms with E-state index in [-0.39, 0.29) is 5.76 Å². The lowest BCUT2D eigenvalue weighted by Crippen LogP contribution is -2.29. The zero-order chi connectivity index (χ0) is 12.7. The fraction of sp³-hybridized carbons (Fsp3) is 0.545. The topological polar surface area (TPSA) is 86.7 Å². The second-order valence-corrected chi connectivity index (χ2v) is 3.56. The third kappa shape index (κ3) is 4.18. The molecule has 0 aliphatic carbocycles. The van der Waals surface area contributed by atoms with Crippen molar-refractivity contribution < 1.29 is 18.7 Å². The Hall–Kier alpha value is -1.37. The number of hydrogen-bond acceptors (Lipinski definition) is 5. The molecule has 0 bridgehead atoms. The molecule has 6 nitrogen and oxygen atoms in total. The van der Waals surface area contributed by atoms with E-state index in [0.717, 1.165) is 12.0 Å². The third-order valence-corrected chi connectivity index (χ3v) is 2.27. The van der Waals surface area contributed by atoms with Crippen molar-refractivity contribution in [3.8, 4) is 0 Å². The number of rotatable bonds is 7. The Morgan fingerprint density at radius 3 is 2.94 bits per heavy atom. The third-order valence-electron chi connectivity index (χ3n) is 2.27. The predicted molar refractivity (Wildman–Crippen MR) is 61.2 cm³/mol. The number of nitrogens with two attached hydrogens (primary N) is 1. The van der Waals surface area contributed by atoms with E-state index in [4.69, 9.17) is 19.7 Å². The molecule has 0 spiro atoms. The summed E-state index contributed by atoms with van der Waals surface area (Å²) in [4.78, 5) is 11.2. The van der Waals surface area contributed by atoms with Gasteiger partial charge in [0.25, 0.3) is 0 Å². The van der Waals surface area contributed by atoms with Crippen LogP contribution in [0, 0.1) is 6.92 Å². The Morgan fingerprint density at radius 1 is 1.53 bits per heavy atom. The molecule has 3 N–H and O–H groups in total. The first-order valence-electron chi connectivity index (χ1n) is 5.36. The molecule has 0 radical (unpaired) electrons. The van der Waals surface area contributed by atoms with Gasteiger partial charge in [0, 0.05) is 25.9 Å². The van der Waals surface area contributed by atoms with Crippen LogP contribution in [0.5, 0.6) is 0 Å². The molecule has 0 unspecified atom stereocenters. The van der Waals surface area contributed by atoms with Crippen LogP contribution in [0.3, 0.4) is 0 Å². The first-order chi connectivity index (χ1) is 8.19. The molecule has 0 saturated carbocycles. The van der Waals surface area contributed by atoms with E-state index >= 15 is 0 Å². The maximum atomic E-state index is 11.2. The molecular formula is C11H18N2O4. The maximum absolute atomic E-state index is 11.2. The van der Waals surface area contributed by atoms with Crippen LogP contribution in [0.4, 0.5) is 0 Å². The summed E-state index contributed by atoms with van der Waals surface area (Å²) in [6, 6.07) is 1.63. The average Bonchev–Trinajstić information content (AvgIpc) is 2.70. The Balaban J connectivity index is 2.43. The molecule has 1 aromatic rings. The number of carbonyl (C=O) groups is 1. The molecular weight excluding hydrogens is 224 g/mol. The van der Waals surface area contributed by atoms with Crippen molar-refractivity contribution in [3.63, 3.8) is 0 Å². The van der Waals surface area contributed by atoms with Gasteiger partial charge in [0.15, 0.2) is 5.76 Å². The summed E-state index contributed by atoms with van der Waals surface area (Å²) in [5.74, 6) is 5.43. The fourth-order valence-corrected chi connectivity index (χ4v) is 1.33.